The first-order valence-electron chi connectivity index (χ1n) is 12.6. The average Bonchev–Trinajstić information content (AvgIpc) is 2.58. The van der Waals surface area contributed by atoms with Crippen LogP contribution in [0.15, 0.2) is 12.2 Å². The lowest BCUT2D eigenvalue weighted by Gasteiger charge is -2.65. The van der Waals surface area contributed by atoms with E-state index >= 15 is 0 Å². The average molecular weight is 397 g/mol. The van der Waals surface area contributed by atoms with Crippen molar-refractivity contribution in [1.29, 1.82) is 0 Å². The molecular weight excluding hydrogens is 356 g/mol. The third-order valence-corrected chi connectivity index (χ3v) is 10.7. The van der Waals surface area contributed by atoms with Crippen molar-refractivity contribution in [2.24, 2.45) is 46.3 Å². The van der Waals surface area contributed by atoms with Crippen molar-refractivity contribution in [3.8, 4) is 0 Å². The molecule has 8 rings (SSSR count). The fraction of sp³-hybridized carbons (Fsp3) is 0.889. The molecule has 1 unspecified atom stereocenters. The zero-order chi connectivity index (χ0) is 20.0. The van der Waals surface area contributed by atoms with Gasteiger partial charge in [-0.1, -0.05) is 6.58 Å². The molecule has 8 bridgehead atoms. The molecule has 1 atom stereocenters. The normalized spacial score (nSPS) is 51.1. The monoisotopic (exact) mass is 396 g/mol. The van der Waals surface area contributed by atoms with Crippen molar-refractivity contribution in [3.63, 3.8) is 0 Å². The highest BCUT2D eigenvalue weighted by Gasteiger charge is 2.63. The van der Waals surface area contributed by atoms with Crippen LogP contribution < -0.4 is 0 Å². The summed E-state index contributed by atoms with van der Waals surface area (Å²) in [5, 5.41) is 0. The molecular formula is C27H40O2. The van der Waals surface area contributed by atoms with Gasteiger partial charge in [-0.05, 0) is 138 Å². The number of carbonyl (C=O) groups is 1. The Morgan fingerprint density at radius 2 is 1.21 bits per heavy atom. The van der Waals surface area contributed by atoms with Gasteiger partial charge in [0.25, 0.3) is 0 Å². The van der Waals surface area contributed by atoms with Gasteiger partial charge in [0.2, 0.25) is 0 Å². The minimum atomic E-state index is -0.301. The van der Waals surface area contributed by atoms with Crippen molar-refractivity contribution in [2.45, 2.75) is 103 Å². The van der Waals surface area contributed by atoms with Crippen LogP contribution >= 0.6 is 0 Å². The molecule has 0 aromatic heterocycles. The summed E-state index contributed by atoms with van der Waals surface area (Å²) in [6.07, 6.45) is 18.1. The predicted molar refractivity (Wildman–Crippen MR) is 115 cm³/mol. The van der Waals surface area contributed by atoms with Crippen LogP contribution in [0, 0.1) is 46.3 Å². The molecule has 0 aromatic rings. The van der Waals surface area contributed by atoms with Crippen LogP contribution in [0.5, 0.6) is 0 Å². The number of ether oxygens (including phenoxy) is 1. The smallest absolute Gasteiger partial charge is 0.333 e. The quantitative estimate of drug-likeness (QED) is 0.382. The van der Waals surface area contributed by atoms with Crippen molar-refractivity contribution in [2.75, 3.05) is 0 Å². The van der Waals surface area contributed by atoms with E-state index in [0.29, 0.717) is 11.0 Å². The van der Waals surface area contributed by atoms with E-state index < -0.39 is 0 Å². The molecule has 8 fully saturated rings. The number of hydrogen-bond acceptors (Lipinski definition) is 2. The Hall–Kier alpha value is -0.790. The maximum absolute atomic E-state index is 12.9. The first-order chi connectivity index (χ1) is 13.8. The molecule has 0 aliphatic heterocycles. The van der Waals surface area contributed by atoms with Crippen molar-refractivity contribution in [3.05, 3.63) is 12.2 Å². The standard InChI is InChI=1S/C27H40O2/c1-17(2)24(28)29-25(3,27-13-21-7-22(14-27)9-23(8-21)15-27)16-26-10-18-4-19(11-26)6-20(5-18)12-26/h18-23H,1,4-16H2,2-3H3. The minimum absolute atomic E-state index is 0.132. The van der Waals surface area contributed by atoms with Gasteiger partial charge in [0.15, 0.2) is 0 Å². The molecule has 0 aromatic carbocycles. The lowest BCUT2D eigenvalue weighted by atomic mass is 9.42. The SMILES string of the molecule is C=C(C)C(=O)OC(C)(CC12CC3CC(CC(C3)C1)C2)C12CC3CC(CC(C3)C1)C2. The van der Waals surface area contributed by atoms with E-state index in [4.69, 9.17) is 4.74 Å². The second-order valence-electron chi connectivity index (χ2n) is 13.2. The van der Waals surface area contributed by atoms with Crippen molar-refractivity contribution < 1.29 is 9.53 Å². The number of esters is 1. The third kappa shape index (κ3) is 2.90. The molecule has 8 aliphatic rings. The van der Waals surface area contributed by atoms with Gasteiger partial charge in [-0.15, -0.1) is 0 Å². The molecule has 0 N–H and O–H groups in total. The van der Waals surface area contributed by atoms with Crippen LogP contribution in [-0.2, 0) is 9.53 Å². The van der Waals surface area contributed by atoms with Crippen LogP contribution in [0.25, 0.3) is 0 Å². The largest absolute Gasteiger partial charge is 0.455 e. The Labute approximate surface area is 177 Å². The van der Waals surface area contributed by atoms with Crippen molar-refractivity contribution >= 4 is 5.97 Å². The summed E-state index contributed by atoms with van der Waals surface area (Å²) in [6, 6.07) is 0. The van der Waals surface area contributed by atoms with E-state index in [-0.39, 0.29) is 17.0 Å². The summed E-state index contributed by atoms with van der Waals surface area (Å²) in [6.45, 7) is 8.14. The summed E-state index contributed by atoms with van der Waals surface area (Å²) in [5.41, 5.74) is 0.953. The van der Waals surface area contributed by atoms with Crippen LogP contribution in [0.4, 0.5) is 0 Å². The minimum Gasteiger partial charge on any atom is -0.455 e. The molecule has 8 saturated carbocycles. The van der Waals surface area contributed by atoms with Crippen LogP contribution in [-0.4, -0.2) is 11.6 Å². The predicted octanol–water partition coefficient (Wildman–Crippen LogP) is 6.69. The first-order valence-corrected chi connectivity index (χ1v) is 12.6. The zero-order valence-electron chi connectivity index (χ0n) is 18.7. The van der Waals surface area contributed by atoms with Crippen LogP contribution in [0.1, 0.15) is 97.3 Å². The van der Waals surface area contributed by atoms with E-state index in [1.165, 1.54) is 77.0 Å². The first kappa shape index (κ1) is 18.9. The molecule has 29 heavy (non-hydrogen) atoms. The Bertz CT molecular complexity index is 662. The molecule has 0 saturated heterocycles. The van der Waals surface area contributed by atoms with Gasteiger partial charge in [0.1, 0.15) is 5.60 Å². The summed E-state index contributed by atoms with van der Waals surface area (Å²) in [7, 11) is 0. The molecule has 160 valence electrons. The van der Waals surface area contributed by atoms with Gasteiger partial charge in [-0.2, -0.15) is 0 Å². The highest BCUT2D eigenvalue weighted by Crippen LogP contribution is 2.69. The Balaban J connectivity index is 1.36. The molecule has 0 amide bonds. The number of carbonyl (C=O) groups excluding carboxylic acids is 1. The van der Waals surface area contributed by atoms with Crippen LogP contribution in [0.3, 0.4) is 0 Å². The number of rotatable bonds is 5. The van der Waals surface area contributed by atoms with E-state index in [1.54, 1.807) is 0 Å². The second-order valence-corrected chi connectivity index (χ2v) is 13.2. The van der Waals surface area contributed by atoms with E-state index in [1.807, 2.05) is 6.92 Å². The van der Waals surface area contributed by atoms with E-state index in [9.17, 15) is 4.79 Å². The van der Waals surface area contributed by atoms with Gasteiger partial charge in [0.05, 0.1) is 0 Å². The fourth-order valence-corrected chi connectivity index (χ4v) is 10.6. The third-order valence-electron chi connectivity index (χ3n) is 10.7. The van der Waals surface area contributed by atoms with Gasteiger partial charge in [-0.3, -0.25) is 0 Å². The number of hydrogen-bond donors (Lipinski definition) is 0. The summed E-state index contributed by atoms with van der Waals surface area (Å²) >= 11 is 0. The van der Waals surface area contributed by atoms with Gasteiger partial charge < -0.3 is 4.74 Å². The van der Waals surface area contributed by atoms with Gasteiger partial charge >= 0.3 is 5.97 Å². The molecule has 2 nitrogen and oxygen atoms in total. The van der Waals surface area contributed by atoms with Gasteiger partial charge in [-0.25, -0.2) is 4.79 Å². The Morgan fingerprint density at radius 1 is 0.828 bits per heavy atom. The Morgan fingerprint density at radius 3 is 1.59 bits per heavy atom. The molecule has 0 radical (unpaired) electrons. The summed E-state index contributed by atoms with van der Waals surface area (Å²) in [4.78, 5) is 12.9. The zero-order valence-corrected chi connectivity index (χ0v) is 18.7. The molecule has 8 aliphatic carbocycles. The Kier molecular flexibility index (Phi) is 4.00. The summed E-state index contributed by atoms with van der Waals surface area (Å²) in [5.74, 6) is 5.41. The lowest BCUT2D eigenvalue weighted by Crippen LogP contribution is -2.61. The molecule has 2 heteroatoms. The topological polar surface area (TPSA) is 26.3 Å². The highest BCUT2D eigenvalue weighted by molar-refractivity contribution is 5.87. The molecule has 0 spiro atoms. The van der Waals surface area contributed by atoms with E-state index in [0.717, 1.165) is 41.9 Å². The lowest BCUT2D eigenvalue weighted by molar-refractivity contribution is -0.219. The van der Waals surface area contributed by atoms with Gasteiger partial charge in [0, 0.05) is 11.0 Å². The maximum atomic E-state index is 12.9. The van der Waals surface area contributed by atoms with Crippen LogP contribution in [0.2, 0.25) is 0 Å². The van der Waals surface area contributed by atoms with E-state index in [2.05, 4.69) is 13.5 Å². The summed E-state index contributed by atoms with van der Waals surface area (Å²) < 4.78 is 6.58. The van der Waals surface area contributed by atoms with Crippen molar-refractivity contribution in [1.82, 2.24) is 0 Å². The fourth-order valence-electron chi connectivity index (χ4n) is 10.6. The second kappa shape index (κ2) is 6.13. The maximum Gasteiger partial charge on any atom is 0.333 e. The molecule has 0 heterocycles. The highest BCUT2D eigenvalue weighted by atomic mass is 16.6.